The number of carbonyl (C=O) groups is 3. The van der Waals surface area contributed by atoms with Crippen LogP contribution in [0.1, 0.15) is 155 Å². The van der Waals surface area contributed by atoms with Crippen LogP contribution in [-0.2, 0) is 42.2 Å². The zero-order chi connectivity index (χ0) is 40.4. The predicted molar refractivity (Wildman–Crippen MR) is 216 cm³/mol. The van der Waals surface area contributed by atoms with Crippen LogP contribution in [0.25, 0.3) is 0 Å². The largest absolute Gasteiger partial charge is 0.480 e. The first-order chi connectivity index (χ1) is 26.6. The smallest absolute Gasteiger partial charge is 0.472 e. The number of epoxide rings is 1. The van der Waals surface area contributed by atoms with Gasteiger partial charge in [-0.1, -0.05) is 114 Å². The average molecular weight is 798 g/mol. The van der Waals surface area contributed by atoms with E-state index in [-0.39, 0.29) is 31.7 Å². The maximum absolute atomic E-state index is 12.6. The summed E-state index contributed by atoms with van der Waals surface area (Å²) in [6.45, 7) is 2.66. The van der Waals surface area contributed by atoms with E-state index in [2.05, 4.69) is 60.9 Å². The fourth-order valence-electron chi connectivity index (χ4n) is 5.50. The Bertz CT molecular complexity index is 1190. The summed E-state index contributed by atoms with van der Waals surface area (Å²) in [5.41, 5.74) is 5.32. The zero-order valence-electron chi connectivity index (χ0n) is 33.7. The minimum atomic E-state index is -4.73. The second-order valence-corrected chi connectivity index (χ2v) is 15.6. The maximum atomic E-state index is 12.6. The molecule has 316 valence electrons. The standard InChI is InChI=1S/C42H72NO11P/c1-3-5-7-9-11-13-14-15-16-18-20-22-28-32-41(45)53-36(34-51-55(48,49)52-35-37(43)42(46)47)33-50-40(44)31-27-24-23-26-30-39-38(54-39)29-25-21-19-17-12-10-8-6-4-2/h12-14,17,21,23,25-26,36-39H,3-11,15-16,18-20,22,24,27-35,43H2,1-2H3,(H,46,47)(H,48,49)/b14-13-,17-12-,25-21-,26-23-/t36-,37+,38?,39?/m1/s1. The third kappa shape index (κ3) is 31.2. The van der Waals surface area contributed by atoms with Crippen molar-refractivity contribution < 1.29 is 52.2 Å². The summed E-state index contributed by atoms with van der Waals surface area (Å²) in [5.74, 6) is -2.48. The Morgan fingerprint density at radius 3 is 1.82 bits per heavy atom. The molecule has 0 bridgehead atoms. The van der Waals surface area contributed by atoms with Crippen molar-refractivity contribution in [2.24, 2.45) is 5.73 Å². The van der Waals surface area contributed by atoms with Crippen molar-refractivity contribution >= 4 is 25.7 Å². The highest BCUT2D eigenvalue weighted by molar-refractivity contribution is 7.47. The molecule has 1 aliphatic heterocycles. The molecule has 12 nitrogen and oxygen atoms in total. The number of ether oxygens (including phenoxy) is 3. The van der Waals surface area contributed by atoms with Crippen LogP contribution < -0.4 is 5.73 Å². The van der Waals surface area contributed by atoms with E-state index in [9.17, 15) is 23.8 Å². The number of phosphoric ester groups is 1. The van der Waals surface area contributed by atoms with Crippen molar-refractivity contribution in [3.63, 3.8) is 0 Å². The minimum Gasteiger partial charge on any atom is -0.480 e. The van der Waals surface area contributed by atoms with Crippen molar-refractivity contribution in [3.8, 4) is 0 Å². The summed E-state index contributed by atoms with van der Waals surface area (Å²) in [7, 11) is -4.73. The molecule has 55 heavy (non-hydrogen) atoms. The van der Waals surface area contributed by atoms with Gasteiger partial charge in [-0.15, -0.1) is 0 Å². The number of allylic oxidation sites excluding steroid dienone is 6. The molecule has 1 rings (SSSR count). The Morgan fingerprint density at radius 2 is 1.15 bits per heavy atom. The second kappa shape index (κ2) is 33.5. The van der Waals surface area contributed by atoms with Crippen LogP contribution >= 0.6 is 7.82 Å². The molecule has 0 spiro atoms. The molecular formula is C42H72NO11P. The highest BCUT2D eigenvalue weighted by atomic mass is 31.2. The zero-order valence-corrected chi connectivity index (χ0v) is 34.6. The number of phosphoric acid groups is 1. The first-order valence-electron chi connectivity index (χ1n) is 20.8. The van der Waals surface area contributed by atoms with Gasteiger partial charge in [-0.2, -0.15) is 0 Å². The molecule has 1 saturated heterocycles. The van der Waals surface area contributed by atoms with Crippen molar-refractivity contribution in [2.75, 3.05) is 19.8 Å². The highest BCUT2D eigenvalue weighted by Gasteiger charge is 2.36. The lowest BCUT2D eigenvalue weighted by Gasteiger charge is -2.20. The maximum Gasteiger partial charge on any atom is 0.472 e. The third-order valence-electron chi connectivity index (χ3n) is 8.95. The van der Waals surface area contributed by atoms with Crippen LogP contribution in [0.2, 0.25) is 0 Å². The average Bonchev–Trinajstić information content (AvgIpc) is 3.92. The van der Waals surface area contributed by atoms with Crippen LogP contribution in [0.15, 0.2) is 48.6 Å². The van der Waals surface area contributed by atoms with Crippen molar-refractivity contribution in [1.29, 1.82) is 0 Å². The number of carboxylic acid groups (broad SMARTS) is 1. The van der Waals surface area contributed by atoms with Gasteiger partial charge in [0.25, 0.3) is 0 Å². The first kappa shape index (κ1) is 50.4. The number of hydrogen-bond donors (Lipinski definition) is 3. The van der Waals surface area contributed by atoms with E-state index < -0.39 is 51.1 Å². The molecule has 3 unspecified atom stereocenters. The van der Waals surface area contributed by atoms with Gasteiger partial charge in [0.1, 0.15) is 12.6 Å². The van der Waals surface area contributed by atoms with E-state index in [1.54, 1.807) is 0 Å². The van der Waals surface area contributed by atoms with Gasteiger partial charge in [-0.3, -0.25) is 23.4 Å². The van der Waals surface area contributed by atoms with Crippen LogP contribution in [0.5, 0.6) is 0 Å². The van der Waals surface area contributed by atoms with Gasteiger partial charge in [0.2, 0.25) is 0 Å². The molecule has 0 aromatic rings. The first-order valence-corrected chi connectivity index (χ1v) is 22.3. The number of aliphatic carboxylic acids is 1. The molecule has 0 saturated carbocycles. The normalized spacial score (nSPS) is 18.0. The quantitative estimate of drug-likeness (QED) is 0.0178. The Morgan fingerprint density at radius 1 is 0.655 bits per heavy atom. The van der Waals surface area contributed by atoms with Gasteiger partial charge >= 0.3 is 25.7 Å². The summed E-state index contributed by atoms with van der Waals surface area (Å²) in [5, 5.41) is 8.88. The minimum absolute atomic E-state index is 0.134. The van der Waals surface area contributed by atoms with Gasteiger partial charge in [0, 0.05) is 12.8 Å². The summed E-state index contributed by atoms with van der Waals surface area (Å²) in [4.78, 5) is 45.9. The van der Waals surface area contributed by atoms with Crippen LogP contribution in [0, 0.1) is 0 Å². The number of nitrogens with two attached hydrogens (primary N) is 1. The highest BCUT2D eigenvalue weighted by Crippen LogP contribution is 2.43. The number of carboxylic acids is 1. The van der Waals surface area contributed by atoms with Crippen LogP contribution in [0.3, 0.4) is 0 Å². The molecule has 1 heterocycles. The van der Waals surface area contributed by atoms with Crippen LogP contribution in [-0.4, -0.2) is 72.1 Å². The lowest BCUT2D eigenvalue weighted by molar-refractivity contribution is -0.161. The number of esters is 2. The van der Waals surface area contributed by atoms with Gasteiger partial charge < -0.3 is 29.9 Å². The summed E-state index contributed by atoms with van der Waals surface area (Å²) in [6, 6.07) is -1.53. The Labute approximate surface area is 330 Å². The molecule has 4 N–H and O–H groups in total. The van der Waals surface area contributed by atoms with Crippen molar-refractivity contribution in [2.45, 2.75) is 179 Å². The van der Waals surface area contributed by atoms with Gasteiger partial charge in [-0.25, -0.2) is 4.57 Å². The molecule has 1 aliphatic rings. The molecule has 1 fully saturated rings. The van der Waals surface area contributed by atoms with Gasteiger partial charge in [0.15, 0.2) is 6.10 Å². The molecule has 5 atom stereocenters. The number of unbranched alkanes of at least 4 members (excludes halogenated alkanes) is 13. The molecule has 0 aromatic heterocycles. The Hall–Kier alpha value is -2.60. The molecule has 13 heteroatoms. The summed E-state index contributed by atoms with van der Waals surface area (Å²) in [6.07, 6.45) is 37.8. The fraction of sp³-hybridized carbons (Fsp3) is 0.738. The molecule has 0 aliphatic carbocycles. The predicted octanol–water partition coefficient (Wildman–Crippen LogP) is 9.60. The van der Waals surface area contributed by atoms with E-state index in [4.69, 9.17) is 29.6 Å². The van der Waals surface area contributed by atoms with Gasteiger partial charge in [0.05, 0.1) is 25.4 Å². The summed E-state index contributed by atoms with van der Waals surface area (Å²) < 4.78 is 38.3. The van der Waals surface area contributed by atoms with Crippen molar-refractivity contribution in [3.05, 3.63) is 48.6 Å². The van der Waals surface area contributed by atoms with Crippen molar-refractivity contribution in [1.82, 2.24) is 0 Å². The van der Waals surface area contributed by atoms with Gasteiger partial charge in [-0.05, 0) is 77.0 Å². The van der Waals surface area contributed by atoms with E-state index >= 15 is 0 Å². The van der Waals surface area contributed by atoms with E-state index in [1.165, 1.54) is 44.9 Å². The number of hydrogen-bond acceptors (Lipinski definition) is 10. The number of carbonyl (C=O) groups excluding carboxylic acids is 2. The Kier molecular flexibility index (Phi) is 30.7. The summed E-state index contributed by atoms with van der Waals surface area (Å²) >= 11 is 0. The van der Waals surface area contributed by atoms with Crippen LogP contribution in [0.4, 0.5) is 0 Å². The molecule has 0 radical (unpaired) electrons. The van der Waals surface area contributed by atoms with E-state index in [1.807, 2.05) is 6.08 Å². The lowest BCUT2D eigenvalue weighted by Crippen LogP contribution is -2.34. The number of rotatable bonds is 37. The van der Waals surface area contributed by atoms with E-state index in [0.717, 1.165) is 64.2 Å². The molecule has 0 amide bonds. The monoisotopic (exact) mass is 797 g/mol. The fourth-order valence-corrected chi connectivity index (χ4v) is 6.28. The third-order valence-corrected chi connectivity index (χ3v) is 9.90. The Balaban J connectivity index is 2.36. The topological polar surface area (TPSA) is 184 Å². The SMILES string of the molecule is CCCCC/C=C\C/C=C\CC1OC1C/C=C\CCCC(=O)OC[C@H](COP(=O)(O)OC[C@H](N)C(=O)O)OC(=O)CCCCCCC/C=C\CCCCCC. The second-order valence-electron chi connectivity index (χ2n) is 14.1. The lowest BCUT2D eigenvalue weighted by atomic mass is 10.1. The van der Waals surface area contributed by atoms with E-state index in [0.29, 0.717) is 19.3 Å². The molecular weight excluding hydrogens is 725 g/mol. The molecule has 0 aromatic carbocycles.